The van der Waals surface area contributed by atoms with Crippen molar-refractivity contribution in [2.75, 3.05) is 39.8 Å². The van der Waals surface area contributed by atoms with E-state index in [0.717, 1.165) is 39.0 Å². The van der Waals surface area contributed by atoms with Crippen LogP contribution in [0.3, 0.4) is 0 Å². The summed E-state index contributed by atoms with van der Waals surface area (Å²) in [6, 6.07) is 0.00959. The van der Waals surface area contributed by atoms with Gasteiger partial charge in [-0.25, -0.2) is 0 Å². The fourth-order valence-corrected chi connectivity index (χ4v) is 4.24. The van der Waals surface area contributed by atoms with Crippen LogP contribution in [0.4, 0.5) is 0 Å². The van der Waals surface area contributed by atoms with E-state index < -0.39 is 0 Å². The number of nitrogens with one attached hydrogen (secondary N) is 1. The molecule has 0 radical (unpaired) electrons. The second-order valence-electron chi connectivity index (χ2n) is 7.76. The van der Waals surface area contributed by atoms with Crippen LogP contribution in [-0.2, 0) is 11.2 Å². The van der Waals surface area contributed by atoms with E-state index in [0.29, 0.717) is 30.1 Å². The molecule has 2 fully saturated rings. The number of carbonyl (C=O) groups is 1. The SMILES string of the molecule is CCCN1CC2(CCN(C)CC2)C[C@H]1C(=O)NCCc1noc(C)n1. The van der Waals surface area contributed by atoms with Gasteiger partial charge in [0.1, 0.15) is 0 Å². The maximum atomic E-state index is 12.8. The number of likely N-dealkylation sites (tertiary alicyclic amines) is 2. The molecule has 2 aliphatic heterocycles. The van der Waals surface area contributed by atoms with Gasteiger partial charge >= 0.3 is 0 Å². The van der Waals surface area contributed by atoms with E-state index in [1.807, 2.05) is 0 Å². The van der Waals surface area contributed by atoms with Crippen molar-refractivity contribution in [1.82, 2.24) is 25.3 Å². The molecule has 2 saturated heterocycles. The van der Waals surface area contributed by atoms with Gasteiger partial charge in [0.05, 0.1) is 6.04 Å². The Morgan fingerprint density at radius 2 is 2.16 bits per heavy atom. The molecule has 0 unspecified atom stereocenters. The predicted octanol–water partition coefficient (Wildman–Crippen LogP) is 1.23. The number of hydrogen-bond donors (Lipinski definition) is 1. The van der Waals surface area contributed by atoms with Crippen LogP contribution < -0.4 is 5.32 Å². The summed E-state index contributed by atoms with van der Waals surface area (Å²) in [6.45, 7) is 8.88. The van der Waals surface area contributed by atoms with Gasteiger partial charge in [-0.3, -0.25) is 9.69 Å². The van der Waals surface area contributed by atoms with Crippen molar-refractivity contribution in [2.45, 2.75) is 52.0 Å². The quantitative estimate of drug-likeness (QED) is 0.833. The zero-order chi connectivity index (χ0) is 17.9. The summed E-state index contributed by atoms with van der Waals surface area (Å²) in [5.41, 5.74) is 0.328. The molecule has 0 bridgehead atoms. The summed E-state index contributed by atoms with van der Waals surface area (Å²) < 4.78 is 4.97. The lowest BCUT2D eigenvalue weighted by Gasteiger charge is -2.37. The molecule has 1 N–H and O–H groups in total. The molecule has 0 saturated carbocycles. The number of amides is 1. The number of aryl methyl sites for hydroxylation is 1. The fraction of sp³-hybridized carbons (Fsp3) is 0.833. The fourth-order valence-electron chi connectivity index (χ4n) is 4.24. The Morgan fingerprint density at radius 1 is 1.40 bits per heavy atom. The Balaban J connectivity index is 1.55. The summed E-state index contributed by atoms with van der Waals surface area (Å²) in [6.07, 6.45) is 5.10. The first-order chi connectivity index (χ1) is 12.0. The van der Waals surface area contributed by atoms with Gasteiger partial charge in [0.25, 0.3) is 0 Å². The average Bonchev–Trinajstić information content (AvgIpc) is 3.15. The van der Waals surface area contributed by atoms with Crippen molar-refractivity contribution < 1.29 is 9.32 Å². The maximum absolute atomic E-state index is 12.8. The third-order valence-electron chi connectivity index (χ3n) is 5.68. The van der Waals surface area contributed by atoms with Crippen LogP contribution in [0.5, 0.6) is 0 Å². The first kappa shape index (κ1) is 18.3. The molecule has 2 aliphatic rings. The normalized spacial score (nSPS) is 24.0. The zero-order valence-electron chi connectivity index (χ0n) is 15.8. The van der Waals surface area contributed by atoms with E-state index in [9.17, 15) is 4.79 Å². The molecule has 0 aliphatic carbocycles. The van der Waals surface area contributed by atoms with Gasteiger partial charge in [-0.15, -0.1) is 0 Å². The van der Waals surface area contributed by atoms with Crippen LogP contribution in [0.15, 0.2) is 4.52 Å². The van der Waals surface area contributed by atoms with Gasteiger partial charge in [0.2, 0.25) is 11.8 Å². The van der Waals surface area contributed by atoms with Crippen LogP contribution in [0.25, 0.3) is 0 Å². The summed E-state index contributed by atoms with van der Waals surface area (Å²) >= 11 is 0. The lowest BCUT2D eigenvalue weighted by atomic mass is 9.76. The van der Waals surface area contributed by atoms with Crippen LogP contribution in [0, 0.1) is 12.3 Å². The van der Waals surface area contributed by atoms with Crippen molar-refractivity contribution in [3.63, 3.8) is 0 Å². The molecule has 1 amide bonds. The predicted molar refractivity (Wildman–Crippen MR) is 95.2 cm³/mol. The Kier molecular flexibility index (Phi) is 5.74. The average molecular weight is 349 g/mol. The molecule has 1 aromatic heterocycles. The van der Waals surface area contributed by atoms with E-state index >= 15 is 0 Å². The largest absolute Gasteiger partial charge is 0.354 e. The first-order valence-corrected chi connectivity index (χ1v) is 9.51. The highest BCUT2D eigenvalue weighted by Gasteiger charge is 2.47. The molecular weight excluding hydrogens is 318 g/mol. The van der Waals surface area contributed by atoms with Gasteiger partial charge in [-0.2, -0.15) is 4.98 Å². The van der Waals surface area contributed by atoms with E-state index in [-0.39, 0.29) is 11.9 Å². The van der Waals surface area contributed by atoms with Crippen LogP contribution in [0.1, 0.15) is 44.3 Å². The van der Waals surface area contributed by atoms with Crippen LogP contribution in [0.2, 0.25) is 0 Å². The van der Waals surface area contributed by atoms with E-state index in [4.69, 9.17) is 4.52 Å². The molecule has 25 heavy (non-hydrogen) atoms. The minimum absolute atomic E-state index is 0.00959. The third-order valence-corrected chi connectivity index (χ3v) is 5.68. The van der Waals surface area contributed by atoms with E-state index in [2.05, 4.69) is 39.2 Å². The van der Waals surface area contributed by atoms with Gasteiger partial charge in [0, 0.05) is 26.4 Å². The van der Waals surface area contributed by atoms with Crippen LogP contribution in [-0.4, -0.2) is 71.7 Å². The minimum atomic E-state index is 0.00959. The Labute approximate surface area is 150 Å². The van der Waals surface area contributed by atoms with Crippen molar-refractivity contribution >= 4 is 5.91 Å². The van der Waals surface area contributed by atoms with E-state index in [1.165, 1.54) is 12.8 Å². The second-order valence-corrected chi connectivity index (χ2v) is 7.76. The highest BCUT2D eigenvalue weighted by molar-refractivity contribution is 5.82. The Morgan fingerprint density at radius 3 is 2.80 bits per heavy atom. The van der Waals surface area contributed by atoms with E-state index in [1.54, 1.807) is 6.92 Å². The number of hydrogen-bond acceptors (Lipinski definition) is 6. The molecule has 3 heterocycles. The zero-order valence-corrected chi connectivity index (χ0v) is 15.8. The number of rotatable bonds is 6. The Bertz CT molecular complexity index is 580. The molecular formula is C18H31N5O2. The third kappa shape index (κ3) is 4.39. The molecule has 1 aromatic rings. The molecule has 140 valence electrons. The topological polar surface area (TPSA) is 74.5 Å². The van der Waals surface area contributed by atoms with Crippen molar-refractivity contribution in [2.24, 2.45) is 5.41 Å². The summed E-state index contributed by atoms with van der Waals surface area (Å²) in [5, 5.41) is 6.97. The molecule has 3 rings (SSSR count). The standard InChI is InChI=1S/C18H31N5O2/c1-4-9-23-13-18(6-10-22(3)11-7-18)12-15(23)17(24)19-8-5-16-20-14(2)25-21-16/h15H,4-13H2,1-3H3,(H,19,24)/t15-/m0/s1. The Hall–Kier alpha value is -1.47. The molecule has 1 spiro atoms. The van der Waals surface area contributed by atoms with Crippen molar-refractivity contribution in [1.29, 1.82) is 0 Å². The molecule has 7 heteroatoms. The number of aromatic nitrogens is 2. The molecule has 0 aromatic carbocycles. The van der Waals surface area contributed by atoms with Gasteiger partial charge in [0.15, 0.2) is 5.82 Å². The number of piperidine rings is 1. The second kappa shape index (κ2) is 7.83. The van der Waals surface area contributed by atoms with Gasteiger partial charge in [-0.05, 0) is 57.8 Å². The molecule has 1 atom stereocenters. The minimum Gasteiger partial charge on any atom is -0.354 e. The number of nitrogens with zero attached hydrogens (tertiary/aromatic N) is 4. The van der Waals surface area contributed by atoms with Crippen molar-refractivity contribution in [3.8, 4) is 0 Å². The summed E-state index contributed by atoms with van der Waals surface area (Å²) in [4.78, 5) is 21.8. The smallest absolute Gasteiger partial charge is 0.237 e. The van der Waals surface area contributed by atoms with Gasteiger partial charge < -0.3 is 14.7 Å². The van der Waals surface area contributed by atoms with Crippen LogP contribution >= 0.6 is 0 Å². The molecule has 7 nitrogen and oxygen atoms in total. The summed E-state index contributed by atoms with van der Waals surface area (Å²) in [7, 11) is 2.19. The monoisotopic (exact) mass is 349 g/mol. The van der Waals surface area contributed by atoms with Crippen molar-refractivity contribution in [3.05, 3.63) is 11.7 Å². The lowest BCUT2D eigenvalue weighted by molar-refractivity contribution is -0.125. The highest BCUT2D eigenvalue weighted by atomic mass is 16.5. The maximum Gasteiger partial charge on any atom is 0.237 e. The first-order valence-electron chi connectivity index (χ1n) is 9.51. The lowest BCUT2D eigenvalue weighted by Crippen LogP contribution is -2.44. The number of carbonyl (C=O) groups excluding carboxylic acids is 1. The summed E-state index contributed by atoms with van der Waals surface area (Å²) in [5.74, 6) is 1.38. The van der Waals surface area contributed by atoms with Gasteiger partial charge in [-0.1, -0.05) is 12.1 Å². The highest BCUT2D eigenvalue weighted by Crippen LogP contribution is 2.43.